The van der Waals surface area contributed by atoms with E-state index in [1.54, 1.807) is 6.21 Å². The molecule has 0 saturated heterocycles. The molecule has 1 aliphatic rings. The van der Waals surface area contributed by atoms with Crippen molar-refractivity contribution < 1.29 is 4.74 Å². The van der Waals surface area contributed by atoms with Crippen LogP contribution in [-0.4, -0.2) is 11.2 Å². The molecule has 1 aromatic carbocycles. The Hall–Kier alpha value is -2.49. The number of anilines is 1. The molecule has 0 aromatic heterocycles. The largest absolute Gasteiger partial charge is 0.457 e. The van der Waals surface area contributed by atoms with Crippen molar-refractivity contribution in [3.05, 3.63) is 59.1 Å². The Morgan fingerprint density at radius 2 is 2.10 bits per heavy atom. The highest BCUT2D eigenvalue weighted by molar-refractivity contribution is 5.54. The molecule has 0 fully saturated rings. The molecule has 0 radical (unpaired) electrons. The van der Waals surface area contributed by atoms with Gasteiger partial charge in [0.1, 0.15) is 11.5 Å². The van der Waals surface area contributed by atoms with Crippen LogP contribution < -0.4 is 10.5 Å². The molecular formula is C17H21N3O. The van der Waals surface area contributed by atoms with Crippen LogP contribution >= 0.6 is 0 Å². The van der Waals surface area contributed by atoms with Crippen LogP contribution in [0.5, 0.6) is 5.75 Å². The molecule has 4 heteroatoms. The lowest BCUT2D eigenvalue weighted by atomic mass is 10.2. The molecule has 1 heterocycles. The highest BCUT2D eigenvalue weighted by Crippen LogP contribution is 2.26. The summed E-state index contributed by atoms with van der Waals surface area (Å²) in [6, 6.07) is 5.63. The third-order valence-corrected chi connectivity index (χ3v) is 3.08. The van der Waals surface area contributed by atoms with Gasteiger partial charge in [0.05, 0.1) is 5.70 Å². The van der Waals surface area contributed by atoms with E-state index in [2.05, 4.69) is 18.9 Å². The lowest BCUT2D eigenvalue weighted by Gasteiger charge is -2.22. The monoisotopic (exact) mass is 283 g/mol. The predicted octanol–water partition coefficient (Wildman–Crippen LogP) is 3.97. The van der Waals surface area contributed by atoms with Crippen molar-refractivity contribution in [1.29, 1.82) is 0 Å². The highest BCUT2D eigenvalue weighted by atomic mass is 16.5. The maximum absolute atomic E-state index is 5.95. The summed E-state index contributed by atoms with van der Waals surface area (Å²) in [4.78, 5) is 0. The quantitative estimate of drug-likeness (QED) is 0.674. The normalized spacial score (nSPS) is 14.6. The van der Waals surface area contributed by atoms with Gasteiger partial charge in [0.25, 0.3) is 0 Å². The molecule has 0 atom stereocenters. The molecule has 4 nitrogen and oxygen atoms in total. The number of ether oxygens (including phenoxy) is 1. The minimum Gasteiger partial charge on any atom is -0.457 e. The molecule has 1 aliphatic heterocycles. The van der Waals surface area contributed by atoms with Gasteiger partial charge < -0.3 is 10.5 Å². The van der Waals surface area contributed by atoms with E-state index < -0.39 is 0 Å². The number of nitrogen functional groups attached to an aromatic ring is 1. The summed E-state index contributed by atoms with van der Waals surface area (Å²) in [5.74, 6) is 1.59. The second-order valence-electron chi connectivity index (χ2n) is 5.09. The van der Waals surface area contributed by atoms with Gasteiger partial charge >= 0.3 is 0 Å². The van der Waals surface area contributed by atoms with Gasteiger partial charge in [-0.05, 0) is 57.5 Å². The molecule has 0 amide bonds. The van der Waals surface area contributed by atoms with Crippen LogP contribution in [0.2, 0.25) is 0 Å². The van der Waals surface area contributed by atoms with E-state index >= 15 is 0 Å². The Bertz CT molecular complexity index is 650. The number of nitrogens with two attached hydrogens (primary N) is 1. The predicted molar refractivity (Wildman–Crippen MR) is 87.8 cm³/mol. The van der Waals surface area contributed by atoms with Crippen molar-refractivity contribution in [2.24, 2.45) is 5.10 Å². The Morgan fingerprint density at radius 3 is 2.71 bits per heavy atom. The number of rotatable bonds is 3. The zero-order chi connectivity index (χ0) is 15.4. The summed E-state index contributed by atoms with van der Waals surface area (Å²) >= 11 is 0. The standard InChI is InChI=1S/C17H21N3O/c1-5-19-20-9-8-15(11-16(20)12(2)3)21-17-7-6-14(18)10-13(17)4/h5-11H,18H2,1-4H3/b19-5-. The lowest BCUT2D eigenvalue weighted by Crippen LogP contribution is -2.14. The van der Waals surface area contributed by atoms with Gasteiger partial charge in [-0.2, -0.15) is 5.10 Å². The van der Waals surface area contributed by atoms with Gasteiger partial charge in [0, 0.05) is 24.2 Å². The Kier molecular flexibility index (Phi) is 4.48. The molecule has 21 heavy (non-hydrogen) atoms. The Morgan fingerprint density at radius 1 is 1.33 bits per heavy atom. The first-order valence-corrected chi connectivity index (χ1v) is 6.90. The highest BCUT2D eigenvalue weighted by Gasteiger charge is 2.13. The molecule has 1 aromatic rings. The maximum atomic E-state index is 5.95. The fraction of sp³-hybridized carbons (Fsp3) is 0.235. The van der Waals surface area contributed by atoms with Crippen LogP contribution in [-0.2, 0) is 0 Å². The van der Waals surface area contributed by atoms with Crippen molar-refractivity contribution in [2.45, 2.75) is 27.7 Å². The Balaban J connectivity index is 2.27. The summed E-state index contributed by atoms with van der Waals surface area (Å²) < 4.78 is 5.95. The van der Waals surface area contributed by atoms with Crippen LogP contribution in [0.25, 0.3) is 0 Å². The van der Waals surface area contributed by atoms with Crippen LogP contribution in [0.1, 0.15) is 26.3 Å². The number of nitrogens with zero attached hydrogens (tertiary/aromatic N) is 2. The van der Waals surface area contributed by atoms with Gasteiger partial charge in [0.15, 0.2) is 0 Å². The number of hydrazone groups is 1. The van der Waals surface area contributed by atoms with E-state index in [0.717, 1.165) is 28.5 Å². The summed E-state index contributed by atoms with van der Waals surface area (Å²) in [5.41, 5.74) is 9.69. The average Bonchev–Trinajstić information content (AvgIpc) is 2.43. The van der Waals surface area contributed by atoms with Crippen molar-refractivity contribution in [3.8, 4) is 5.75 Å². The van der Waals surface area contributed by atoms with Gasteiger partial charge in [-0.25, -0.2) is 5.01 Å². The fourth-order valence-electron chi connectivity index (χ4n) is 2.05. The van der Waals surface area contributed by atoms with E-state index in [1.807, 2.05) is 55.4 Å². The van der Waals surface area contributed by atoms with E-state index in [4.69, 9.17) is 10.5 Å². The third kappa shape index (κ3) is 3.54. The summed E-state index contributed by atoms with van der Waals surface area (Å²) in [6.45, 7) is 7.97. The van der Waals surface area contributed by atoms with Crippen LogP contribution in [0, 0.1) is 6.92 Å². The maximum Gasteiger partial charge on any atom is 0.131 e. The van der Waals surface area contributed by atoms with Crippen molar-refractivity contribution >= 4 is 11.9 Å². The lowest BCUT2D eigenvalue weighted by molar-refractivity contribution is 0.419. The first kappa shape index (κ1) is 14.9. The molecule has 0 aliphatic carbocycles. The van der Waals surface area contributed by atoms with Crippen molar-refractivity contribution in [2.75, 3.05) is 5.73 Å². The van der Waals surface area contributed by atoms with E-state index in [9.17, 15) is 0 Å². The summed E-state index contributed by atoms with van der Waals surface area (Å²) in [5, 5.41) is 6.14. The van der Waals surface area contributed by atoms with E-state index in [-0.39, 0.29) is 0 Å². The van der Waals surface area contributed by atoms with Gasteiger partial charge in [-0.15, -0.1) is 0 Å². The second kappa shape index (κ2) is 6.31. The zero-order valence-electron chi connectivity index (χ0n) is 12.9. The van der Waals surface area contributed by atoms with E-state index in [0.29, 0.717) is 0 Å². The number of benzene rings is 1. The smallest absolute Gasteiger partial charge is 0.131 e. The molecule has 0 bridgehead atoms. The first-order chi connectivity index (χ1) is 10.0. The minimum absolute atomic E-state index is 0.737. The van der Waals surface area contributed by atoms with Gasteiger partial charge in [0.2, 0.25) is 0 Å². The van der Waals surface area contributed by atoms with Crippen molar-refractivity contribution in [3.63, 3.8) is 0 Å². The second-order valence-corrected chi connectivity index (χ2v) is 5.09. The van der Waals surface area contributed by atoms with Crippen LogP contribution in [0.4, 0.5) is 5.69 Å². The summed E-state index contributed by atoms with van der Waals surface area (Å²) in [7, 11) is 0. The molecular weight excluding hydrogens is 262 g/mol. The van der Waals surface area contributed by atoms with Crippen LogP contribution in [0.15, 0.2) is 58.7 Å². The Labute approximate surface area is 125 Å². The minimum atomic E-state index is 0.737. The molecule has 2 N–H and O–H groups in total. The summed E-state index contributed by atoms with van der Waals surface area (Å²) in [6.07, 6.45) is 7.54. The fourth-order valence-corrected chi connectivity index (χ4v) is 2.05. The van der Waals surface area contributed by atoms with Crippen molar-refractivity contribution in [1.82, 2.24) is 5.01 Å². The zero-order valence-corrected chi connectivity index (χ0v) is 12.9. The number of hydrogen-bond acceptors (Lipinski definition) is 4. The topological polar surface area (TPSA) is 50.8 Å². The van der Waals surface area contributed by atoms with E-state index in [1.165, 1.54) is 5.57 Å². The average molecular weight is 283 g/mol. The number of allylic oxidation sites excluding steroid dienone is 3. The SMILES string of the molecule is C/C=N\N1C=CC(Oc2ccc(N)cc2C)=CC1=C(C)C. The molecule has 0 unspecified atom stereocenters. The number of hydrogen-bond donors (Lipinski definition) is 1. The number of aryl methyl sites for hydroxylation is 1. The van der Waals surface area contributed by atoms with Crippen LogP contribution in [0.3, 0.4) is 0 Å². The molecule has 0 spiro atoms. The first-order valence-electron chi connectivity index (χ1n) is 6.90. The molecule has 110 valence electrons. The third-order valence-electron chi connectivity index (χ3n) is 3.08. The molecule has 2 rings (SSSR count). The van der Waals surface area contributed by atoms with Gasteiger partial charge in [-0.3, -0.25) is 0 Å². The van der Waals surface area contributed by atoms with Gasteiger partial charge in [-0.1, -0.05) is 5.57 Å². The molecule has 0 saturated carbocycles.